The quantitative estimate of drug-likeness (QED) is 0.891. The van der Waals surface area contributed by atoms with Gasteiger partial charge in [-0.25, -0.2) is 8.78 Å². The highest BCUT2D eigenvalue weighted by Gasteiger charge is 2.24. The van der Waals surface area contributed by atoms with Gasteiger partial charge in [-0.05, 0) is 19.1 Å². The summed E-state index contributed by atoms with van der Waals surface area (Å²) in [7, 11) is 0. The molecule has 3 nitrogen and oxygen atoms in total. The lowest BCUT2D eigenvalue weighted by molar-refractivity contribution is -0.0408. The summed E-state index contributed by atoms with van der Waals surface area (Å²) >= 11 is 0. The predicted octanol–water partition coefficient (Wildman–Crippen LogP) is 1.51. The Labute approximate surface area is 106 Å². The molecular formula is C13H18F2N2O. The molecule has 1 heterocycles. The molecule has 0 aliphatic carbocycles. The van der Waals surface area contributed by atoms with Crippen molar-refractivity contribution in [2.75, 3.05) is 19.7 Å². The summed E-state index contributed by atoms with van der Waals surface area (Å²) < 4.78 is 32.6. The number of hydrogen-bond donors (Lipinski definition) is 1. The van der Waals surface area contributed by atoms with Gasteiger partial charge in [0.1, 0.15) is 11.6 Å². The van der Waals surface area contributed by atoms with Crippen LogP contribution in [0.25, 0.3) is 0 Å². The van der Waals surface area contributed by atoms with Gasteiger partial charge in [0.15, 0.2) is 0 Å². The van der Waals surface area contributed by atoms with Crippen LogP contribution in [-0.4, -0.2) is 36.7 Å². The molecule has 1 aromatic rings. The molecule has 0 radical (unpaired) electrons. The van der Waals surface area contributed by atoms with Gasteiger partial charge in [-0.1, -0.05) is 6.07 Å². The second-order valence-electron chi connectivity index (χ2n) is 4.70. The Morgan fingerprint density at radius 1 is 1.44 bits per heavy atom. The van der Waals surface area contributed by atoms with E-state index in [2.05, 4.69) is 0 Å². The maximum Gasteiger partial charge on any atom is 0.130 e. The Morgan fingerprint density at radius 2 is 2.11 bits per heavy atom. The van der Waals surface area contributed by atoms with Crippen LogP contribution in [0.3, 0.4) is 0 Å². The number of benzene rings is 1. The van der Waals surface area contributed by atoms with Crippen LogP contribution in [0.15, 0.2) is 18.2 Å². The second-order valence-corrected chi connectivity index (χ2v) is 4.70. The van der Waals surface area contributed by atoms with Crippen molar-refractivity contribution in [3.63, 3.8) is 0 Å². The molecule has 1 aliphatic heterocycles. The molecule has 5 heteroatoms. The van der Waals surface area contributed by atoms with Gasteiger partial charge in [-0.3, -0.25) is 4.90 Å². The van der Waals surface area contributed by atoms with Crippen molar-refractivity contribution in [2.45, 2.75) is 25.6 Å². The number of halogens is 2. The Hall–Kier alpha value is -1.04. The van der Waals surface area contributed by atoms with E-state index in [0.717, 1.165) is 0 Å². The third kappa shape index (κ3) is 3.04. The number of ether oxygens (including phenoxy) is 1. The molecule has 100 valence electrons. The third-order valence-corrected chi connectivity index (χ3v) is 3.21. The average molecular weight is 256 g/mol. The Bertz CT molecular complexity index is 392. The van der Waals surface area contributed by atoms with Crippen LogP contribution >= 0.6 is 0 Å². The van der Waals surface area contributed by atoms with E-state index < -0.39 is 11.6 Å². The van der Waals surface area contributed by atoms with Crippen LogP contribution in [0, 0.1) is 11.6 Å². The molecule has 0 aromatic heterocycles. The van der Waals surface area contributed by atoms with Crippen molar-refractivity contribution in [2.24, 2.45) is 5.73 Å². The number of nitrogens with two attached hydrogens (primary N) is 1. The summed E-state index contributed by atoms with van der Waals surface area (Å²) in [6, 6.07) is 3.85. The zero-order valence-corrected chi connectivity index (χ0v) is 10.4. The topological polar surface area (TPSA) is 38.5 Å². The number of hydrogen-bond acceptors (Lipinski definition) is 3. The lowest BCUT2D eigenvalue weighted by Gasteiger charge is -2.34. The van der Waals surface area contributed by atoms with Crippen molar-refractivity contribution in [3.05, 3.63) is 35.4 Å². The van der Waals surface area contributed by atoms with Crippen LogP contribution in [0.5, 0.6) is 0 Å². The molecule has 0 amide bonds. The first-order valence-corrected chi connectivity index (χ1v) is 6.10. The molecule has 1 aromatic carbocycles. The van der Waals surface area contributed by atoms with E-state index in [-0.39, 0.29) is 24.3 Å². The maximum atomic E-state index is 13.5. The maximum absolute atomic E-state index is 13.5. The van der Waals surface area contributed by atoms with E-state index in [9.17, 15) is 8.78 Å². The first-order valence-electron chi connectivity index (χ1n) is 6.10. The van der Waals surface area contributed by atoms with E-state index in [1.165, 1.54) is 18.2 Å². The standard InChI is InChI=1S/C13H18F2N2O/c1-9(16)13-8-17(5-6-18-13)7-10-11(14)3-2-4-12(10)15/h2-4,9,13H,5-8,16H2,1H3. The molecule has 2 atom stereocenters. The molecule has 0 spiro atoms. The molecule has 1 fully saturated rings. The number of rotatable bonds is 3. The molecule has 1 aliphatic rings. The highest BCUT2D eigenvalue weighted by Crippen LogP contribution is 2.17. The Morgan fingerprint density at radius 3 is 2.72 bits per heavy atom. The molecule has 2 unspecified atom stereocenters. The van der Waals surface area contributed by atoms with Gasteiger partial charge in [-0.15, -0.1) is 0 Å². The summed E-state index contributed by atoms with van der Waals surface area (Å²) in [6.45, 7) is 3.94. The fourth-order valence-corrected chi connectivity index (χ4v) is 2.10. The Kier molecular flexibility index (Phi) is 4.27. The highest BCUT2D eigenvalue weighted by molar-refractivity contribution is 5.19. The van der Waals surface area contributed by atoms with Gasteiger partial charge in [0.2, 0.25) is 0 Å². The zero-order chi connectivity index (χ0) is 13.1. The van der Waals surface area contributed by atoms with Crippen LogP contribution in [0.2, 0.25) is 0 Å². The average Bonchev–Trinajstić information content (AvgIpc) is 2.34. The van der Waals surface area contributed by atoms with Crippen LogP contribution < -0.4 is 5.73 Å². The predicted molar refractivity (Wildman–Crippen MR) is 65.0 cm³/mol. The molecule has 0 bridgehead atoms. The summed E-state index contributed by atoms with van der Waals surface area (Å²) in [6.07, 6.45) is -0.0754. The lowest BCUT2D eigenvalue weighted by Crippen LogP contribution is -2.49. The molecule has 18 heavy (non-hydrogen) atoms. The minimum atomic E-state index is -0.501. The van der Waals surface area contributed by atoms with Crippen LogP contribution in [0.1, 0.15) is 12.5 Å². The van der Waals surface area contributed by atoms with Gasteiger partial charge in [0.25, 0.3) is 0 Å². The highest BCUT2D eigenvalue weighted by atomic mass is 19.1. The second kappa shape index (κ2) is 5.73. The fourth-order valence-electron chi connectivity index (χ4n) is 2.10. The van der Waals surface area contributed by atoms with Crippen LogP contribution in [-0.2, 0) is 11.3 Å². The monoisotopic (exact) mass is 256 g/mol. The van der Waals surface area contributed by atoms with E-state index in [4.69, 9.17) is 10.5 Å². The van der Waals surface area contributed by atoms with Crippen molar-refractivity contribution in [1.82, 2.24) is 4.90 Å². The number of morpholine rings is 1. The molecule has 2 N–H and O–H groups in total. The molecule has 1 saturated heterocycles. The summed E-state index contributed by atoms with van der Waals surface area (Å²) in [4.78, 5) is 1.97. The van der Waals surface area contributed by atoms with Gasteiger partial charge >= 0.3 is 0 Å². The van der Waals surface area contributed by atoms with Gasteiger partial charge < -0.3 is 10.5 Å². The summed E-state index contributed by atoms with van der Waals surface area (Å²) in [5.74, 6) is -1.00. The van der Waals surface area contributed by atoms with Crippen molar-refractivity contribution < 1.29 is 13.5 Å². The first-order chi connectivity index (χ1) is 8.58. The zero-order valence-electron chi connectivity index (χ0n) is 10.4. The van der Waals surface area contributed by atoms with Gasteiger partial charge in [0.05, 0.1) is 12.7 Å². The molecule has 0 saturated carbocycles. The molecular weight excluding hydrogens is 238 g/mol. The van der Waals surface area contributed by atoms with E-state index in [1.807, 2.05) is 11.8 Å². The molecule has 2 rings (SSSR count). The lowest BCUT2D eigenvalue weighted by atomic mass is 10.1. The van der Waals surface area contributed by atoms with E-state index >= 15 is 0 Å². The number of nitrogens with zero attached hydrogens (tertiary/aromatic N) is 1. The summed E-state index contributed by atoms with van der Waals surface area (Å²) in [5, 5.41) is 0. The normalized spacial score (nSPS) is 23.0. The van der Waals surface area contributed by atoms with E-state index in [0.29, 0.717) is 19.7 Å². The third-order valence-electron chi connectivity index (χ3n) is 3.21. The van der Waals surface area contributed by atoms with Crippen molar-refractivity contribution in [3.8, 4) is 0 Å². The van der Waals surface area contributed by atoms with Gasteiger partial charge in [0, 0.05) is 31.2 Å². The minimum absolute atomic E-state index is 0.0754. The minimum Gasteiger partial charge on any atom is -0.374 e. The Balaban J connectivity index is 2.05. The van der Waals surface area contributed by atoms with Crippen molar-refractivity contribution >= 4 is 0 Å². The first kappa shape index (κ1) is 13.4. The largest absolute Gasteiger partial charge is 0.374 e. The smallest absolute Gasteiger partial charge is 0.130 e. The SMILES string of the molecule is CC(N)C1CN(Cc2c(F)cccc2F)CCO1. The van der Waals surface area contributed by atoms with E-state index in [1.54, 1.807) is 0 Å². The van der Waals surface area contributed by atoms with Crippen LogP contribution in [0.4, 0.5) is 8.78 Å². The van der Waals surface area contributed by atoms with Gasteiger partial charge in [-0.2, -0.15) is 0 Å². The summed E-state index contributed by atoms with van der Waals surface area (Å²) in [5.41, 5.74) is 5.90. The van der Waals surface area contributed by atoms with Crippen molar-refractivity contribution in [1.29, 1.82) is 0 Å². The fraction of sp³-hybridized carbons (Fsp3) is 0.538.